The van der Waals surface area contributed by atoms with Crippen LogP contribution >= 0.6 is 15.9 Å². The maximum absolute atomic E-state index is 12.6. The Balaban J connectivity index is 1.79. The van der Waals surface area contributed by atoms with Gasteiger partial charge in [-0.1, -0.05) is 15.9 Å². The fourth-order valence-corrected chi connectivity index (χ4v) is 3.48. The van der Waals surface area contributed by atoms with E-state index in [1.165, 1.54) is 0 Å². The molecule has 0 aliphatic carbocycles. The van der Waals surface area contributed by atoms with Crippen LogP contribution in [0.5, 0.6) is 5.75 Å². The van der Waals surface area contributed by atoms with Gasteiger partial charge in [0, 0.05) is 28.7 Å². The van der Waals surface area contributed by atoms with E-state index in [-0.39, 0.29) is 11.8 Å². The molecule has 1 saturated heterocycles. The molecule has 1 N–H and O–H groups in total. The normalized spacial score (nSPS) is 13.9. The molecule has 1 aliphatic heterocycles. The highest BCUT2D eigenvalue weighted by Gasteiger charge is 2.22. The summed E-state index contributed by atoms with van der Waals surface area (Å²) in [6.45, 7) is 2.64. The average molecular weight is 403 g/mol. The number of methoxy groups -OCH3 is 1. The minimum absolute atomic E-state index is 0.132. The summed E-state index contributed by atoms with van der Waals surface area (Å²) in [6, 6.07) is 10.8. The van der Waals surface area contributed by atoms with Gasteiger partial charge in [-0.25, -0.2) is 0 Å². The van der Waals surface area contributed by atoms with E-state index in [4.69, 9.17) is 4.74 Å². The van der Waals surface area contributed by atoms with Crippen LogP contribution in [0.15, 0.2) is 40.9 Å². The molecule has 1 heterocycles. The van der Waals surface area contributed by atoms with Crippen molar-refractivity contribution in [2.45, 2.75) is 19.8 Å². The Hall–Kier alpha value is -2.34. The summed E-state index contributed by atoms with van der Waals surface area (Å²) < 4.78 is 6.24. The van der Waals surface area contributed by atoms with Gasteiger partial charge in [-0.3, -0.25) is 9.59 Å². The number of rotatable bonds is 4. The highest BCUT2D eigenvalue weighted by molar-refractivity contribution is 9.10. The maximum atomic E-state index is 12.6. The molecule has 0 spiro atoms. The summed E-state index contributed by atoms with van der Waals surface area (Å²) >= 11 is 3.42. The van der Waals surface area contributed by atoms with Gasteiger partial charge in [0.15, 0.2) is 0 Å². The number of nitrogens with one attached hydrogen (secondary N) is 1. The van der Waals surface area contributed by atoms with Gasteiger partial charge in [-0.05, 0) is 55.3 Å². The average Bonchev–Trinajstić information content (AvgIpc) is 3.03. The summed E-state index contributed by atoms with van der Waals surface area (Å²) in [6.07, 6.45) is 1.47. The van der Waals surface area contributed by atoms with E-state index in [0.29, 0.717) is 23.4 Å². The third-order valence-corrected chi connectivity index (χ3v) is 4.69. The molecule has 130 valence electrons. The SMILES string of the molecule is COc1cc(Br)cc(C)c1NC(=O)c1ccc(N2CCCC2=O)cc1. The van der Waals surface area contributed by atoms with E-state index in [9.17, 15) is 9.59 Å². The van der Waals surface area contributed by atoms with Crippen molar-refractivity contribution in [2.24, 2.45) is 0 Å². The molecular formula is C19H19BrN2O3. The predicted molar refractivity (Wildman–Crippen MR) is 101 cm³/mol. The number of hydrogen-bond donors (Lipinski definition) is 1. The Morgan fingerprint density at radius 2 is 1.96 bits per heavy atom. The zero-order valence-corrected chi connectivity index (χ0v) is 15.7. The van der Waals surface area contributed by atoms with E-state index in [0.717, 1.165) is 28.7 Å². The van der Waals surface area contributed by atoms with Gasteiger partial charge >= 0.3 is 0 Å². The van der Waals surface area contributed by atoms with E-state index >= 15 is 0 Å². The lowest BCUT2D eigenvalue weighted by Gasteiger charge is -2.16. The quantitative estimate of drug-likeness (QED) is 0.835. The van der Waals surface area contributed by atoms with Crippen LogP contribution in [-0.2, 0) is 4.79 Å². The molecule has 5 nitrogen and oxygen atoms in total. The fraction of sp³-hybridized carbons (Fsp3) is 0.263. The molecule has 0 aromatic heterocycles. The molecule has 0 atom stereocenters. The molecule has 0 saturated carbocycles. The van der Waals surface area contributed by atoms with Gasteiger partial charge in [0.2, 0.25) is 5.91 Å². The molecule has 2 aromatic carbocycles. The molecule has 2 aromatic rings. The third-order valence-electron chi connectivity index (χ3n) is 4.24. The highest BCUT2D eigenvalue weighted by Crippen LogP contribution is 2.32. The van der Waals surface area contributed by atoms with Gasteiger partial charge in [-0.2, -0.15) is 0 Å². The number of anilines is 2. The number of ether oxygens (including phenoxy) is 1. The maximum Gasteiger partial charge on any atom is 0.255 e. The number of amides is 2. The smallest absolute Gasteiger partial charge is 0.255 e. The van der Waals surface area contributed by atoms with E-state index < -0.39 is 0 Å². The van der Waals surface area contributed by atoms with Crippen LogP contribution < -0.4 is 15.0 Å². The topological polar surface area (TPSA) is 58.6 Å². The van der Waals surface area contributed by atoms with Crippen LogP contribution in [0, 0.1) is 6.92 Å². The van der Waals surface area contributed by atoms with E-state index in [2.05, 4.69) is 21.2 Å². The molecule has 0 radical (unpaired) electrons. The van der Waals surface area contributed by atoms with Crippen molar-refractivity contribution in [3.8, 4) is 5.75 Å². The molecule has 25 heavy (non-hydrogen) atoms. The first-order valence-electron chi connectivity index (χ1n) is 8.05. The van der Waals surface area contributed by atoms with Crippen molar-refractivity contribution in [2.75, 3.05) is 23.9 Å². The number of carbonyl (C=O) groups is 2. The Labute approximate surface area is 155 Å². The van der Waals surface area contributed by atoms with Crippen LogP contribution in [-0.4, -0.2) is 25.5 Å². The van der Waals surface area contributed by atoms with Gasteiger partial charge < -0.3 is 15.0 Å². The number of hydrogen-bond acceptors (Lipinski definition) is 3. The lowest BCUT2D eigenvalue weighted by atomic mass is 10.1. The summed E-state index contributed by atoms with van der Waals surface area (Å²) in [5, 5.41) is 2.91. The lowest BCUT2D eigenvalue weighted by molar-refractivity contribution is -0.117. The van der Waals surface area contributed by atoms with Crippen molar-refractivity contribution in [1.82, 2.24) is 0 Å². The Kier molecular flexibility index (Phi) is 5.08. The molecule has 0 bridgehead atoms. The first-order valence-corrected chi connectivity index (χ1v) is 8.85. The second-order valence-electron chi connectivity index (χ2n) is 5.95. The molecule has 0 unspecified atom stereocenters. The second kappa shape index (κ2) is 7.27. The number of benzene rings is 2. The summed E-state index contributed by atoms with van der Waals surface area (Å²) in [5.41, 5.74) is 2.91. The molecule has 1 fully saturated rings. The number of nitrogens with zero attached hydrogens (tertiary/aromatic N) is 1. The lowest BCUT2D eigenvalue weighted by Crippen LogP contribution is -2.23. The van der Waals surface area contributed by atoms with Crippen LogP contribution in [0.25, 0.3) is 0 Å². The highest BCUT2D eigenvalue weighted by atomic mass is 79.9. The van der Waals surface area contributed by atoms with Gasteiger partial charge in [0.25, 0.3) is 5.91 Å². The zero-order chi connectivity index (χ0) is 18.0. The Bertz CT molecular complexity index is 818. The number of aryl methyl sites for hydroxylation is 1. The molecule has 1 aliphatic rings. The second-order valence-corrected chi connectivity index (χ2v) is 6.87. The van der Waals surface area contributed by atoms with Crippen LogP contribution in [0.1, 0.15) is 28.8 Å². The van der Waals surface area contributed by atoms with Crippen LogP contribution in [0.2, 0.25) is 0 Å². The predicted octanol–water partition coefficient (Wildman–Crippen LogP) is 4.15. The number of halogens is 1. The zero-order valence-electron chi connectivity index (χ0n) is 14.1. The van der Waals surface area contributed by atoms with Crippen molar-refractivity contribution < 1.29 is 14.3 Å². The first-order chi connectivity index (χ1) is 12.0. The van der Waals surface area contributed by atoms with Crippen molar-refractivity contribution >= 4 is 39.1 Å². The third kappa shape index (κ3) is 3.69. The van der Waals surface area contributed by atoms with Crippen LogP contribution in [0.3, 0.4) is 0 Å². The van der Waals surface area contributed by atoms with E-state index in [1.807, 2.05) is 31.2 Å². The minimum Gasteiger partial charge on any atom is -0.495 e. The molecule has 2 amide bonds. The van der Waals surface area contributed by atoms with E-state index in [1.54, 1.807) is 24.1 Å². The monoisotopic (exact) mass is 402 g/mol. The largest absolute Gasteiger partial charge is 0.495 e. The summed E-state index contributed by atoms with van der Waals surface area (Å²) in [5.74, 6) is 0.509. The Morgan fingerprint density at radius 1 is 1.24 bits per heavy atom. The Morgan fingerprint density at radius 3 is 2.56 bits per heavy atom. The van der Waals surface area contributed by atoms with Crippen LogP contribution in [0.4, 0.5) is 11.4 Å². The van der Waals surface area contributed by atoms with Crippen molar-refractivity contribution in [3.63, 3.8) is 0 Å². The van der Waals surface area contributed by atoms with Gasteiger partial charge in [0.05, 0.1) is 12.8 Å². The van der Waals surface area contributed by atoms with Gasteiger partial charge in [-0.15, -0.1) is 0 Å². The summed E-state index contributed by atoms with van der Waals surface area (Å²) in [7, 11) is 1.57. The minimum atomic E-state index is -0.219. The molecular weight excluding hydrogens is 384 g/mol. The van der Waals surface area contributed by atoms with Gasteiger partial charge in [0.1, 0.15) is 5.75 Å². The standard InChI is InChI=1S/C19H19BrN2O3/c1-12-10-14(20)11-16(25-2)18(12)21-19(24)13-5-7-15(8-6-13)22-9-3-4-17(22)23/h5-8,10-11H,3-4,9H2,1-2H3,(H,21,24). The van der Waals surface area contributed by atoms with Crippen molar-refractivity contribution in [1.29, 1.82) is 0 Å². The molecule has 6 heteroatoms. The van der Waals surface area contributed by atoms with Crippen molar-refractivity contribution in [3.05, 3.63) is 52.0 Å². The fourth-order valence-electron chi connectivity index (χ4n) is 2.93. The molecule has 3 rings (SSSR count). The number of carbonyl (C=O) groups excluding carboxylic acids is 2. The summed E-state index contributed by atoms with van der Waals surface area (Å²) in [4.78, 5) is 26.1. The first kappa shape index (κ1) is 17.5.